The van der Waals surface area contributed by atoms with Gasteiger partial charge in [0.05, 0.1) is 12.3 Å². The Labute approximate surface area is 196 Å². The molecule has 0 fully saturated rings. The minimum atomic E-state index is -0.282. The molecular formula is C25H32Cl2N2O2. The first kappa shape index (κ1) is 25.3. The first-order valence-electron chi connectivity index (χ1n) is 10.9. The number of carbonyl (C=O) groups is 1. The van der Waals surface area contributed by atoms with Crippen molar-refractivity contribution in [1.29, 1.82) is 0 Å². The van der Waals surface area contributed by atoms with E-state index in [9.17, 15) is 4.79 Å². The van der Waals surface area contributed by atoms with Crippen molar-refractivity contribution in [3.05, 3.63) is 59.2 Å². The summed E-state index contributed by atoms with van der Waals surface area (Å²) in [4.78, 5) is 15.4. The summed E-state index contributed by atoms with van der Waals surface area (Å²) < 4.78 is 7.57. The number of rotatable bonds is 10. The molecule has 0 aliphatic rings. The third-order valence-electron chi connectivity index (χ3n) is 5.55. The van der Waals surface area contributed by atoms with Gasteiger partial charge in [0.25, 0.3) is 0 Å². The molecule has 4 nitrogen and oxygen atoms in total. The fourth-order valence-corrected chi connectivity index (χ4v) is 4.19. The fourth-order valence-electron chi connectivity index (χ4n) is 4.02. The molecule has 6 heteroatoms. The van der Waals surface area contributed by atoms with Crippen LogP contribution >= 0.6 is 24.0 Å². The van der Waals surface area contributed by atoms with Crippen LogP contribution in [0.25, 0.3) is 22.0 Å². The monoisotopic (exact) mass is 462 g/mol. The van der Waals surface area contributed by atoms with Crippen LogP contribution in [0.3, 0.4) is 0 Å². The molecule has 3 rings (SSSR count). The first-order valence-corrected chi connectivity index (χ1v) is 11.2. The van der Waals surface area contributed by atoms with Crippen LogP contribution in [0.1, 0.15) is 44.1 Å². The van der Waals surface area contributed by atoms with Gasteiger partial charge in [-0.1, -0.05) is 61.8 Å². The summed E-state index contributed by atoms with van der Waals surface area (Å²) >= 11 is 6.34. The van der Waals surface area contributed by atoms with Gasteiger partial charge < -0.3 is 14.2 Å². The van der Waals surface area contributed by atoms with Gasteiger partial charge in [0.15, 0.2) is 0 Å². The minimum Gasteiger partial charge on any atom is -0.461 e. The molecule has 0 amide bonds. The summed E-state index contributed by atoms with van der Waals surface area (Å²) in [5, 5.41) is 2.54. The molecule has 0 aliphatic heterocycles. The Bertz CT molecular complexity index is 982. The highest BCUT2D eigenvalue weighted by Gasteiger charge is 2.24. The van der Waals surface area contributed by atoms with Crippen molar-refractivity contribution in [3.8, 4) is 11.3 Å². The molecule has 1 heterocycles. The van der Waals surface area contributed by atoms with Crippen molar-refractivity contribution in [2.75, 3.05) is 26.2 Å². The second-order valence-electron chi connectivity index (χ2n) is 7.36. The number of benzene rings is 2. The van der Waals surface area contributed by atoms with Gasteiger partial charge in [-0.3, -0.25) is 0 Å². The summed E-state index contributed by atoms with van der Waals surface area (Å²) in [6, 6.07) is 15.9. The standard InChI is InChI=1S/C25H31ClN2O2.ClH/c1-4-27(5-2)16-10-11-17-28-23(19-12-8-7-9-13-19)22-18-20(26)14-15-21(22)24(28)25(29)30-6-3;/h7-9,12-15,18H,4-6,10-11,16-17H2,1-3H3;1H. The molecule has 3 aromatic rings. The number of unbranched alkanes of at least 4 members (excludes halogenated alkanes) is 1. The van der Waals surface area contributed by atoms with E-state index in [0.29, 0.717) is 17.3 Å². The van der Waals surface area contributed by atoms with Gasteiger partial charge in [0, 0.05) is 22.3 Å². The Hall–Kier alpha value is -2.01. The third-order valence-corrected chi connectivity index (χ3v) is 5.78. The summed E-state index contributed by atoms with van der Waals surface area (Å²) in [5.74, 6) is -0.282. The van der Waals surface area contributed by atoms with Crippen LogP contribution < -0.4 is 0 Å². The Morgan fingerprint density at radius 1 is 1.00 bits per heavy atom. The van der Waals surface area contributed by atoms with Crippen LogP contribution in [0.5, 0.6) is 0 Å². The minimum absolute atomic E-state index is 0. The Balaban J connectivity index is 0.00000341. The fraction of sp³-hybridized carbons (Fsp3) is 0.400. The molecular weight excluding hydrogens is 431 g/mol. The third kappa shape index (κ3) is 5.82. The van der Waals surface area contributed by atoms with E-state index in [2.05, 4.69) is 35.4 Å². The largest absolute Gasteiger partial charge is 0.461 e. The number of fused-ring (bicyclic) bond motifs is 1. The summed E-state index contributed by atoms with van der Waals surface area (Å²) in [6.07, 6.45) is 2.06. The topological polar surface area (TPSA) is 34.5 Å². The first-order chi connectivity index (χ1) is 14.6. The number of esters is 1. The maximum atomic E-state index is 13.0. The lowest BCUT2D eigenvalue weighted by Crippen LogP contribution is -2.24. The number of carbonyl (C=O) groups excluding carboxylic acids is 1. The van der Waals surface area contributed by atoms with Crippen LogP contribution in [0.2, 0.25) is 5.02 Å². The molecule has 31 heavy (non-hydrogen) atoms. The SMILES string of the molecule is CCOC(=O)c1c2ccc(Cl)cc2c(-c2ccccc2)n1CCCCN(CC)CC.Cl. The number of hydrogen-bond acceptors (Lipinski definition) is 3. The lowest BCUT2D eigenvalue weighted by Gasteiger charge is -2.18. The molecule has 0 saturated heterocycles. The van der Waals surface area contributed by atoms with Crippen molar-refractivity contribution in [2.45, 2.75) is 40.2 Å². The highest BCUT2D eigenvalue weighted by Crippen LogP contribution is 2.36. The average Bonchev–Trinajstić information content (AvgIpc) is 3.07. The second-order valence-corrected chi connectivity index (χ2v) is 7.80. The molecule has 1 aromatic heterocycles. The van der Waals surface area contributed by atoms with Gasteiger partial charge in [-0.2, -0.15) is 0 Å². The Morgan fingerprint density at radius 2 is 1.71 bits per heavy atom. The molecule has 0 bridgehead atoms. The van der Waals surface area contributed by atoms with Crippen molar-refractivity contribution in [1.82, 2.24) is 9.47 Å². The highest BCUT2D eigenvalue weighted by atomic mass is 35.5. The second kappa shape index (κ2) is 12.1. The number of halogens is 2. The smallest absolute Gasteiger partial charge is 0.355 e. The van der Waals surface area contributed by atoms with Gasteiger partial charge in [0.1, 0.15) is 5.69 Å². The van der Waals surface area contributed by atoms with E-state index in [1.165, 1.54) is 0 Å². The van der Waals surface area contributed by atoms with Crippen LogP contribution in [-0.4, -0.2) is 41.7 Å². The molecule has 0 N–H and O–H groups in total. The molecule has 0 saturated carbocycles. The zero-order chi connectivity index (χ0) is 21.5. The van der Waals surface area contributed by atoms with Gasteiger partial charge in [-0.25, -0.2) is 4.79 Å². The van der Waals surface area contributed by atoms with E-state index in [1.54, 1.807) is 0 Å². The van der Waals surface area contributed by atoms with E-state index >= 15 is 0 Å². The Kier molecular flexibility index (Phi) is 9.89. The molecule has 0 aliphatic carbocycles. The molecule has 0 radical (unpaired) electrons. The van der Waals surface area contributed by atoms with Crippen LogP contribution in [0.4, 0.5) is 0 Å². The highest BCUT2D eigenvalue weighted by molar-refractivity contribution is 6.31. The number of aromatic nitrogens is 1. The molecule has 0 atom stereocenters. The number of hydrogen-bond donors (Lipinski definition) is 0. The maximum Gasteiger partial charge on any atom is 0.355 e. The quantitative estimate of drug-likeness (QED) is 0.248. The molecule has 0 unspecified atom stereocenters. The van der Waals surface area contributed by atoms with Gasteiger partial charge in [0.2, 0.25) is 0 Å². The van der Waals surface area contributed by atoms with E-state index in [-0.39, 0.29) is 18.4 Å². The van der Waals surface area contributed by atoms with E-state index in [0.717, 1.165) is 61.1 Å². The van der Waals surface area contributed by atoms with Crippen LogP contribution in [0, 0.1) is 0 Å². The van der Waals surface area contributed by atoms with Gasteiger partial charge in [-0.15, -0.1) is 12.4 Å². The molecule has 168 valence electrons. The van der Waals surface area contributed by atoms with E-state index in [1.807, 2.05) is 43.3 Å². The van der Waals surface area contributed by atoms with Crippen molar-refractivity contribution in [2.24, 2.45) is 0 Å². The molecule has 2 aromatic carbocycles. The average molecular weight is 463 g/mol. The summed E-state index contributed by atoms with van der Waals surface area (Å²) in [7, 11) is 0. The zero-order valence-electron chi connectivity index (χ0n) is 18.6. The van der Waals surface area contributed by atoms with Gasteiger partial charge >= 0.3 is 5.97 Å². The number of ether oxygens (including phenoxy) is 1. The van der Waals surface area contributed by atoms with Crippen molar-refractivity contribution in [3.63, 3.8) is 0 Å². The van der Waals surface area contributed by atoms with Gasteiger partial charge in [-0.05, 0) is 57.1 Å². The predicted molar refractivity (Wildman–Crippen MR) is 133 cm³/mol. The zero-order valence-corrected chi connectivity index (χ0v) is 20.1. The lowest BCUT2D eigenvalue weighted by molar-refractivity contribution is 0.0516. The van der Waals surface area contributed by atoms with Crippen LogP contribution in [-0.2, 0) is 11.3 Å². The summed E-state index contributed by atoms with van der Waals surface area (Å²) in [5.41, 5.74) is 2.72. The lowest BCUT2D eigenvalue weighted by atomic mass is 10.1. The van der Waals surface area contributed by atoms with E-state index in [4.69, 9.17) is 16.3 Å². The predicted octanol–water partition coefficient (Wildman–Crippen LogP) is 6.68. The maximum absolute atomic E-state index is 13.0. The van der Waals surface area contributed by atoms with Crippen molar-refractivity contribution >= 4 is 40.7 Å². The normalized spacial score (nSPS) is 11.0. The number of nitrogens with zero attached hydrogens (tertiary/aromatic N) is 2. The van der Waals surface area contributed by atoms with Crippen LogP contribution in [0.15, 0.2) is 48.5 Å². The Morgan fingerprint density at radius 3 is 2.35 bits per heavy atom. The van der Waals surface area contributed by atoms with Crippen molar-refractivity contribution < 1.29 is 9.53 Å². The van der Waals surface area contributed by atoms with E-state index < -0.39 is 0 Å². The summed E-state index contributed by atoms with van der Waals surface area (Å²) in [6.45, 7) is 10.5. The molecule has 0 spiro atoms.